The molecule has 0 atom stereocenters. The number of fused-ring (bicyclic) bond motifs is 5. The summed E-state index contributed by atoms with van der Waals surface area (Å²) in [5.74, 6) is 1.54. The van der Waals surface area contributed by atoms with E-state index < -0.39 is 0 Å². The van der Waals surface area contributed by atoms with Crippen molar-refractivity contribution in [2.75, 3.05) is 36.0 Å². The molecule has 2 N–H and O–H groups in total. The fourth-order valence-corrected chi connectivity index (χ4v) is 6.81. The lowest BCUT2D eigenvalue weighted by Crippen LogP contribution is -2.33. The first-order chi connectivity index (χ1) is 23.6. The number of amides is 2. The molecule has 5 aromatic rings. The highest BCUT2D eigenvalue weighted by Crippen LogP contribution is 2.35. The van der Waals surface area contributed by atoms with Gasteiger partial charge in [-0.25, -0.2) is 19.9 Å². The van der Waals surface area contributed by atoms with Gasteiger partial charge in [-0.1, -0.05) is 48.5 Å². The van der Waals surface area contributed by atoms with Crippen molar-refractivity contribution in [2.24, 2.45) is 5.73 Å². The molecule has 48 heavy (non-hydrogen) atoms. The maximum Gasteiger partial charge on any atom is 0.261 e. The number of nitrogens with zero attached hydrogens (tertiary/aromatic N) is 7. The van der Waals surface area contributed by atoms with Crippen molar-refractivity contribution in [1.82, 2.24) is 24.8 Å². The molecular weight excluding hydrogens is 600 g/mol. The van der Waals surface area contributed by atoms with Gasteiger partial charge < -0.3 is 15.5 Å². The zero-order valence-electron chi connectivity index (χ0n) is 26.8. The Morgan fingerprint density at radius 3 is 1.50 bits per heavy atom. The molecule has 0 spiro atoms. The minimum absolute atomic E-state index is 0.204. The highest BCUT2D eigenvalue weighted by Gasteiger charge is 2.35. The van der Waals surface area contributed by atoms with Gasteiger partial charge in [0.2, 0.25) is 0 Å². The molecule has 242 valence electrons. The summed E-state index contributed by atoms with van der Waals surface area (Å²) in [5.41, 5.74) is 14.0. The Bertz CT molecular complexity index is 1820. The van der Waals surface area contributed by atoms with Crippen molar-refractivity contribution >= 4 is 34.8 Å². The second kappa shape index (κ2) is 14.1. The Hall–Kier alpha value is -5.48. The average molecular weight is 639 g/mol. The molecule has 3 aliphatic rings. The molecular formula is C38H38N8O2. The van der Waals surface area contributed by atoms with Crippen LogP contribution in [-0.2, 0) is 25.7 Å². The lowest BCUT2D eigenvalue weighted by Gasteiger charge is -2.26. The van der Waals surface area contributed by atoms with Gasteiger partial charge in [-0.15, -0.1) is 0 Å². The van der Waals surface area contributed by atoms with Gasteiger partial charge in [0.05, 0.1) is 11.1 Å². The van der Waals surface area contributed by atoms with Crippen LogP contribution in [0.2, 0.25) is 0 Å². The van der Waals surface area contributed by atoms with Crippen LogP contribution in [0.3, 0.4) is 0 Å². The van der Waals surface area contributed by atoms with Crippen LogP contribution in [0.4, 0.5) is 23.0 Å². The van der Waals surface area contributed by atoms with E-state index in [1.165, 1.54) is 27.3 Å². The SMILES string of the molecule is NCCCN1c2ccccc2CCc2cncnc21.O=C1c2ccccc2C(=O)N1CCCN1c2ccccc2CCc2cncnc21. The van der Waals surface area contributed by atoms with Crippen molar-refractivity contribution in [2.45, 2.75) is 38.5 Å². The minimum Gasteiger partial charge on any atom is -0.330 e. The van der Waals surface area contributed by atoms with Gasteiger partial charge in [-0.3, -0.25) is 14.5 Å². The van der Waals surface area contributed by atoms with Gasteiger partial charge in [0, 0.05) is 54.5 Å². The Balaban J connectivity index is 0.000000166. The first-order valence-corrected chi connectivity index (χ1v) is 16.6. The highest BCUT2D eigenvalue weighted by molar-refractivity contribution is 6.21. The monoisotopic (exact) mass is 638 g/mol. The number of para-hydroxylation sites is 2. The molecule has 0 saturated heterocycles. The van der Waals surface area contributed by atoms with Crippen LogP contribution >= 0.6 is 0 Å². The van der Waals surface area contributed by atoms with E-state index in [2.05, 4.69) is 72.2 Å². The van der Waals surface area contributed by atoms with Gasteiger partial charge >= 0.3 is 0 Å². The summed E-state index contributed by atoms with van der Waals surface area (Å²) < 4.78 is 0. The molecule has 0 fully saturated rings. The fourth-order valence-electron chi connectivity index (χ4n) is 6.81. The molecule has 0 radical (unpaired) electrons. The van der Waals surface area contributed by atoms with Crippen LogP contribution in [0.5, 0.6) is 0 Å². The Kier molecular flexibility index (Phi) is 9.15. The molecule has 8 rings (SSSR count). The number of carbonyl (C=O) groups excluding carboxylic acids is 2. The van der Waals surface area contributed by atoms with E-state index in [1.807, 2.05) is 18.5 Å². The molecule has 10 nitrogen and oxygen atoms in total. The normalized spacial score (nSPS) is 14.5. The second-order valence-electron chi connectivity index (χ2n) is 12.1. The largest absolute Gasteiger partial charge is 0.330 e. The van der Waals surface area contributed by atoms with Crippen LogP contribution < -0.4 is 15.5 Å². The average Bonchev–Trinajstić information content (AvgIpc) is 3.25. The number of nitrogens with two attached hydrogens (primary N) is 1. The fraction of sp³-hybridized carbons (Fsp3) is 0.263. The van der Waals surface area contributed by atoms with Crippen molar-refractivity contribution < 1.29 is 9.59 Å². The maximum absolute atomic E-state index is 12.6. The standard InChI is InChI=1S/C23H20N4O2.C15H18N4/c28-22-18-7-2-3-8-19(18)23(29)27(22)13-5-12-26-20-9-4-1-6-16(20)10-11-17-14-24-15-25-21(17)26;16-8-3-9-19-14-5-2-1-4-12(14)6-7-13-10-17-11-18-15(13)19/h1-4,6-9,14-15H,5,10-13H2;1-2,4-5,10-11H,3,6-9,16H2. The number of benzene rings is 3. The number of hydrogen-bond acceptors (Lipinski definition) is 9. The molecule has 0 unspecified atom stereocenters. The molecule has 10 heteroatoms. The zero-order chi connectivity index (χ0) is 32.9. The summed E-state index contributed by atoms with van der Waals surface area (Å²) in [6, 6.07) is 23.9. The van der Waals surface area contributed by atoms with E-state index in [0.717, 1.165) is 61.5 Å². The van der Waals surface area contributed by atoms with Crippen LogP contribution in [0, 0.1) is 0 Å². The molecule has 0 saturated carbocycles. The molecule has 3 aliphatic heterocycles. The highest BCUT2D eigenvalue weighted by atomic mass is 16.2. The van der Waals surface area contributed by atoms with Gasteiger partial charge in [-0.2, -0.15) is 0 Å². The third kappa shape index (κ3) is 6.14. The first kappa shape index (κ1) is 31.1. The van der Waals surface area contributed by atoms with Gasteiger partial charge in [0.25, 0.3) is 11.8 Å². The van der Waals surface area contributed by atoms with E-state index in [-0.39, 0.29) is 11.8 Å². The van der Waals surface area contributed by atoms with Crippen LogP contribution in [0.25, 0.3) is 0 Å². The van der Waals surface area contributed by atoms with Crippen molar-refractivity contribution in [3.8, 4) is 0 Å². The molecule has 2 amide bonds. The first-order valence-electron chi connectivity index (χ1n) is 16.6. The van der Waals surface area contributed by atoms with Gasteiger partial charge in [-0.05, 0) is 80.5 Å². The zero-order valence-corrected chi connectivity index (χ0v) is 26.8. The Morgan fingerprint density at radius 1 is 0.542 bits per heavy atom. The topological polar surface area (TPSA) is 121 Å². The third-order valence-corrected chi connectivity index (χ3v) is 9.16. The van der Waals surface area contributed by atoms with Crippen LogP contribution in [-0.4, -0.2) is 62.8 Å². The van der Waals surface area contributed by atoms with Crippen LogP contribution in [0.1, 0.15) is 55.8 Å². The number of imide groups is 1. The lowest BCUT2D eigenvalue weighted by atomic mass is 10.1. The predicted molar refractivity (Wildman–Crippen MR) is 186 cm³/mol. The predicted octanol–water partition coefficient (Wildman–Crippen LogP) is 5.46. The minimum atomic E-state index is -0.204. The smallest absolute Gasteiger partial charge is 0.261 e. The number of aromatic nitrogens is 4. The van der Waals surface area contributed by atoms with Gasteiger partial charge in [0.1, 0.15) is 24.3 Å². The Labute approximate surface area is 280 Å². The summed E-state index contributed by atoms with van der Waals surface area (Å²) in [7, 11) is 0. The molecule has 0 aliphatic carbocycles. The molecule has 2 aromatic heterocycles. The molecule has 0 bridgehead atoms. The number of anilines is 4. The maximum atomic E-state index is 12.6. The van der Waals surface area contributed by atoms with Crippen molar-refractivity contribution in [1.29, 1.82) is 0 Å². The number of rotatable bonds is 7. The summed E-state index contributed by atoms with van der Waals surface area (Å²) >= 11 is 0. The van der Waals surface area contributed by atoms with E-state index in [4.69, 9.17) is 5.73 Å². The Morgan fingerprint density at radius 2 is 0.979 bits per heavy atom. The number of carbonyl (C=O) groups is 2. The van der Waals surface area contributed by atoms with Crippen molar-refractivity contribution in [3.63, 3.8) is 0 Å². The summed E-state index contributed by atoms with van der Waals surface area (Å²) in [5, 5.41) is 0. The number of aryl methyl sites for hydroxylation is 4. The van der Waals surface area contributed by atoms with Crippen LogP contribution in [0.15, 0.2) is 97.8 Å². The molecule has 5 heterocycles. The summed E-state index contributed by atoms with van der Waals surface area (Å²) in [6.45, 7) is 2.64. The summed E-state index contributed by atoms with van der Waals surface area (Å²) in [4.78, 5) is 48.4. The molecule has 3 aromatic carbocycles. The van der Waals surface area contributed by atoms with E-state index in [9.17, 15) is 9.59 Å². The van der Waals surface area contributed by atoms with Crippen molar-refractivity contribution in [3.05, 3.63) is 131 Å². The second-order valence-corrected chi connectivity index (χ2v) is 12.1. The van der Waals surface area contributed by atoms with E-state index in [0.29, 0.717) is 37.2 Å². The lowest BCUT2D eigenvalue weighted by molar-refractivity contribution is 0.0653. The summed E-state index contributed by atoms with van der Waals surface area (Å²) in [6.07, 6.45) is 12.5. The quantitative estimate of drug-likeness (QED) is 0.232. The third-order valence-electron chi connectivity index (χ3n) is 9.16. The van der Waals surface area contributed by atoms with E-state index in [1.54, 1.807) is 36.9 Å². The number of hydrogen-bond donors (Lipinski definition) is 1. The van der Waals surface area contributed by atoms with E-state index >= 15 is 0 Å². The van der Waals surface area contributed by atoms with Gasteiger partial charge in [0.15, 0.2) is 0 Å².